The molecule has 1 atom stereocenters. The second-order valence-electron chi connectivity index (χ2n) is 4.89. The maximum Gasteiger partial charge on any atom is 0.140 e. The zero-order valence-corrected chi connectivity index (χ0v) is 13.8. The Morgan fingerprint density at radius 3 is 2.72 bits per heavy atom. The first-order valence-electron chi connectivity index (χ1n) is 6.45. The first-order valence-corrected chi connectivity index (χ1v) is 8.03. The zero-order chi connectivity index (χ0) is 13.0. The van der Waals surface area contributed by atoms with E-state index in [2.05, 4.69) is 54.0 Å². The highest BCUT2D eigenvalue weighted by Gasteiger charge is 2.14. The van der Waals surface area contributed by atoms with Crippen molar-refractivity contribution >= 4 is 37.7 Å². The average Bonchev–Trinajstić information content (AvgIpc) is 2.34. The second kappa shape index (κ2) is 6.87. The number of anilines is 1. The summed E-state index contributed by atoms with van der Waals surface area (Å²) in [6.45, 7) is 5.77. The fraction of sp³-hybridized carbons (Fsp3) is 0.615. The van der Waals surface area contributed by atoms with Crippen LogP contribution in [-0.2, 0) is 0 Å². The minimum absolute atomic E-state index is 0.410. The summed E-state index contributed by atoms with van der Waals surface area (Å²) in [6, 6.07) is 2.43. The summed E-state index contributed by atoms with van der Waals surface area (Å²) in [5.41, 5.74) is 0. The minimum Gasteiger partial charge on any atom is -0.365 e. The largest absolute Gasteiger partial charge is 0.365 e. The van der Waals surface area contributed by atoms with E-state index in [0.717, 1.165) is 21.3 Å². The number of halogens is 2. The lowest BCUT2D eigenvalue weighted by Gasteiger charge is -2.29. The third kappa shape index (κ3) is 4.21. The number of nitrogens with one attached hydrogen (secondary N) is 1. The Kier molecular flexibility index (Phi) is 5.45. The van der Waals surface area contributed by atoms with Crippen molar-refractivity contribution in [3.05, 3.63) is 21.2 Å². The van der Waals surface area contributed by atoms with Gasteiger partial charge >= 0.3 is 0 Å². The maximum absolute atomic E-state index is 4.39. The van der Waals surface area contributed by atoms with E-state index in [0.29, 0.717) is 6.04 Å². The van der Waals surface area contributed by atoms with Crippen LogP contribution in [0.5, 0.6) is 0 Å². The van der Waals surface area contributed by atoms with Gasteiger partial charge in [-0.2, -0.15) is 0 Å². The van der Waals surface area contributed by atoms with Crippen LogP contribution in [0, 0.1) is 0 Å². The quantitative estimate of drug-likeness (QED) is 0.863. The Labute approximate surface area is 126 Å². The minimum atomic E-state index is 0.410. The first kappa shape index (κ1) is 14.3. The van der Waals surface area contributed by atoms with Crippen LogP contribution in [-0.4, -0.2) is 35.6 Å². The normalized spacial score (nSPS) is 18.6. The van der Waals surface area contributed by atoms with Gasteiger partial charge in [-0.3, -0.25) is 0 Å². The summed E-state index contributed by atoms with van der Waals surface area (Å²) in [4.78, 5) is 6.92. The molecule has 2 rings (SSSR count). The molecule has 0 amide bonds. The molecule has 0 aromatic carbocycles. The van der Waals surface area contributed by atoms with Crippen molar-refractivity contribution < 1.29 is 0 Å². The molecule has 1 aliphatic heterocycles. The second-order valence-corrected chi connectivity index (χ2v) is 6.66. The van der Waals surface area contributed by atoms with E-state index in [-0.39, 0.29) is 0 Å². The summed E-state index contributed by atoms with van der Waals surface area (Å²) in [5.74, 6) is 0.919. The molecule has 1 aromatic heterocycles. The number of hydrogen-bond donors (Lipinski definition) is 1. The highest BCUT2D eigenvalue weighted by Crippen LogP contribution is 2.24. The Hall–Kier alpha value is -0.130. The van der Waals surface area contributed by atoms with Crippen LogP contribution < -0.4 is 5.32 Å². The van der Waals surface area contributed by atoms with Gasteiger partial charge in [0, 0.05) is 23.3 Å². The smallest absolute Gasteiger partial charge is 0.140 e. The molecule has 5 heteroatoms. The van der Waals surface area contributed by atoms with Gasteiger partial charge in [0.25, 0.3) is 0 Å². The molecule has 3 nitrogen and oxygen atoms in total. The summed E-state index contributed by atoms with van der Waals surface area (Å²) in [5, 5.41) is 3.46. The lowest BCUT2D eigenvalue weighted by Crippen LogP contribution is -2.38. The third-order valence-corrected chi connectivity index (χ3v) is 4.21. The standard InChI is InChI=1S/C13H19Br2N3/c1-10(9-18-5-3-2-4-6-18)17-13-12(15)7-11(14)8-16-13/h7-8,10H,2-6,9H2,1H3,(H,16,17). The van der Waals surface area contributed by atoms with Crippen molar-refractivity contribution in [3.63, 3.8) is 0 Å². The molecule has 1 saturated heterocycles. The van der Waals surface area contributed by atoms with E-state index in [1.54, 1.807) is 0 Å². The van der Waals surface area contributed by atoms with E-state index in [4.69, 9.17) is 0 Å². The fourth-order valence-electron chi connectivity index (χ4n) is 2.33. The molecule has 1 N–H and O–H groups in total. The number of nitrogens with zero attached hydrogens (tertiary/aromatic N) is 2. The molecule has 100 valence electrons. The topological polar surface area (TPSA) is 28.2 Å². The van der Waals surface area contributed by atoms with Crippen molar-refractivity contribution in [2.45, 2.75) is 32.2 Å². The molecule has 0 radical (unpaired) electrons. The number of piperidine rings is 1. The number of aromatic nitrogens is 1. The number of likely N-dealkylation sites (tertiary alicyclic amines) is 1. The van der Waals surface area contributed by atoms with Gasteiger partial charge in [-0.25, -0.2) is 4.98 Å². The molecule has 2 heterocycles. The number of hydrogen-bond acceptors (Lipinski definition) is 3. The van der Waals surface area contributed by atoms with E-state index < -0.39 is 0 Å². The molecular weight excluding hydrogens is 358 g/mol. The van der Waals surface area contributed by atoms with E-state index in [1.807, 2.05) is 12.3 Å². The van der Waals surface area contributed by atoms with Crippen LogP contribution in [0.25, 0.3) is 0 Å². The molecule has 1 unspecified atom stereocenters. The van der Waals surface area contributed by atoms with E-state index in [1.165, 1.54) is 32.4 Å². The molecule has 0 aliphatic carbocycles. The van der Waals surface area contributed by atoms with Gasteiger partial charge in [-0.15, -0.1) is 0 Å². The predicted molar refractivity (Wildman–Crippen MR) is 83.0 cm³/mol. The Morgan fingerprint density at radius 2 is 2.06 bits per heavy atom. The summed E-state index contributed by atoms with van der Waals surface area (Å²) in [7, 11) is 0. The monoisotopic (exact) mass is 375 g/mol. The Balaban J connectivity index is 1.87. The van der Waals surface area contributed by atoms with Crippen LogP contribution in [0.1, 0.15) is 26.2 Å². The van der Waals surface area contributed by atoms with Crippen molar-refractivity contribution in [2.75, 3.05) is 25.0 Å². The molecular formula is C13H19Br2N3. The highest BCUT2D eigenvalue weighted by molar-refractivity contribution is 9.11. The Bertz CT molecular complexity index is 392. The van der Waals surface area contributed by atoms with E-state index in [9.17, 15) is 0 Å². The zero-order valence-electron chi connectivity index (χ0n) is 10.6. The maximum atomic E-state index is 4.39. The van der Waals surface area contributed by atoms with E-state index >= 15 is 0 Å². The van der Waals surface area contributed by atoms with Crippen LogP contribution >= 0.6 is 31.9 Å². The van der Waals surface area contributed by atoms with Gasteiger partial charge in [0.1, 0.15) is 5.82 Å². The molecule has 1 aromatic rings. The van der Waals surface area contributed by atoms with Crippen molar-refractivity contribution in [3.8, 4) is 0 Å². The van der Waals surface area contributed by atoms with Gasteiger partial charge < -0.3 is 10.2 Å². The summed E-state index contributed by atoms with van der Waals surface area (Å²) in [6.07, 6.45) is 5.89. The van der Waals surface area contributed by atoms with Gasteiger partial charge in [-0.1, -0.05) is 6.42 Å². The molecule has 0 bridgehead atoms. The average molecular weight is 377 g/mol. The van der Waals surface area contributed by atoms with Crippen LogP contribution in [0.3, 0.4) is 0 Å². The summed E-state index contributed by atoms with van der Waals surface area (Å²) < 4.78 is 1.99. The predicted octanol–water partition coefficient (Wildman–Crippen LogP) is 3.89. The Morgan fingerprint density at radius 1 is 1.33 bits per heavy atom. The molecule has 0 spiro atoms. The van der Waals surface area contributed by atoms with Gasteiger partial charge in [0.05, 0.1) is 4.47 Å². The summed E-state index contributed by atoms with van der Waals surface area (Å²) >= 11 is 6.95. The fourth-order valence-corrected chi connectivity index (χ4v) is 3.43. The lowest BCUT2D eigenvalue weighted by atomic mass is 10.1. The molecule has 0 saturated carbocycles. The van der Waals surface area contributed by atoms with Crippen molar-refractivity contribution in [1.82, 2.24) is 9.88 Å². The molecule has 1 fully saturated rings. The van der Waals surface area contributed by atoms with Crippen molar-refractivity contribution in [1.29, 1.82) is 0 Å². The third-order valence-electron chi connectivity index (χ3n) is 3.17. The van der Waals surface area contributed by atoms with Crippen molar-refractivity contribution in [2.24, 2.45) is 0 Å². The lowest BCUT2D eigenvalue weighted by molar-refractivity contribution is 0.223. The first-order chi connectivity index (χ1) is 8.65. The number of pyridine rings is 1. The number of rotatable bonds is 4. The van der Waals surface area contributed by atoms with Gasteiger partial charge in [-0.05, 0) is 70.8 Å². The van der Waals surface area contributed by atoms with Gasteiger partial charge in [0.15, 0.2) is 0 Å². The van der Waals surface area contributed by atoms with Crippen LogP contribution in [0.15, 0.2) is 21.2 Å². The molecule has 1 aliphatic rings. The SMILES string of the molecule is CC(CN1CCCCC1)Nc1ncc(Br)cc1Br. The molecule has 18 heavy (non-hydrogen) atoms. The van der Waals surface area contributed by atoms with Gasteiger partial charge in [0.2, 0.25) is 0 Å². The van der Waals surface area contributed by atoms with Crippen LogP contribution in [0.4, 0.5) is 5.82 Å². The van der Waals surface area contributed by atoms with Crippen LogP contribution in [0.2, 0.25) is 0 Å². The highest BCUT2D eigenvalue weighted by atomic mass is 79.9.